The van der Waals surface area contributed by atoms with E-state index in [1.807, 2.05) is 6.92 Å². The average Bonchev–Trinajstić information content (AvgIpc) is 2.04. The molecule has 3 heteroatoms. The minimum absolute atomic E-state index is 0.210. The van der Waals surface area contributed by atoms with Crippen LogP contribution in [0.25, 0.3) is 0 Å². The second-order valence-electron chi connectivity index (χ2n) is 3.95. The van der Waals surface area contributed by atoms with Crippen LogP contribution in [0.4, 0.5) is 0 Å². The first kappa shape index (κ1) is 9.96. The summed E-state index contributed by atoms with van der Waals surface area (Å²) < 4.78 is 0. The zero-order valence-corrected chi connectivity index (χ0v) is 8.12. The fourth-order valence-electron chi connectivity index (χ4n) is 1.99. The normalized spacial score (nSPS) is 28.8. The summed E-state index contributed by atoms with van der Waals surface area (Å²) in [6.07, 6.45) is 3.96. The smallest absolute Gasteiger partial charge is 0.0762 e. The Kier molecular flexibility index (Phi) is 3.98. The van der Waals surface area contributed by atoms with Gasteiger partial charge in [-0.2, -0.15) is 0 Å². The van der Waals surface area contributed by atoms with Crippen LogP contribution in [-0.2, 0) is 4.84 Å². The lowest BCUT2D eigenvalue weighted by molar-refractivity contribution is 0.0382. The largest absolute Gasteiger partial charge is 0.306 e. The van der Waals surface area contributed by atoms with Crippen molar-refractivity contribution in [2.75, 3.05) is 20.1 Å². The molecule has 0 aromatic carbocycles. The van der Waals surface area contributed by atoms with Gasteiger partial charge in [-0.05, 0) is 45.7 Å². The van der Waals surface area contributed by atoms with Gasteiger partial charge in [0.25, 0.3) is 0 Å². The highest BCUT2D eigenvalue weighted by Gasteiger charge is 2.19. The van der Waals surface area contributed by atoms with Crippen LogP contribution in [0.1, 0.15) is 26.2 Å². The maximum Gasteiger partial charge on any atom is 0.0762 e. The molecule has 0 radical (unpaired) electrons. The highest BCUT2D eigenvalue weighted by atomic mass is 16.6. The van der Waals surface area contributed by atoms with Crippen molar-refractivity contribution in [1.82, 2.24) is 4.90 Å². The Morgan fingerprint density at radius 3 is 3.00 bits per heavy atom. The molecule has 0 bridgehead atoms. The first-order valence-corrected chi connectivity index (χ1v) is 4.76. The van der Waals surface area contributed by atoms with Crippen LogP contribution in [0.5, 0.6) is 0 Å². The van der Waals surface area contributed by atoms with Gasteiger partial charge in [0, 0.05) is 6.54 Å². The highest BCUT2D eigenvalue weighted by Crippen LogP contribution is 2.20. The Balaban J connectivity index is 2.22. The molecule has 1 aliphatic heterocycles. The summed E-state index contributed by atoms with van der Waals surface area (Å²) in [5, 5.41) is 0. The summed E-state index contributed by atoms with van der Waals surface area (Å²) in [6.45, 7) is 4.48. The molecule has 1 fully saturated rings. The lowest BCUT2D eigenvalue weighted by atomic mass is 9.93. The van der Waals surface area contributed by atoms with Crippen LogP contribution in [0.3, 0.4) is 0 Å². The molecule has 1 saturated heterocycles. The Morgan fingerprint density at radius 1 is 1.67 bits per heavy atom. The minimum atomic E-state index is 0.210. The fourth-order valence-corrected chi connectivity index (χ4v) is 1.99. The fraction of sp³-hybridized carbons (Fsp3) is 1.00. The van der Waals surface area contributed by atoms with E-state index in [0.29, 0.717) is 0 Å². The van der Waals surface area contributed by atoms with Crippen LogP contribution in [0.2, 0.25) is 0 Å². The van der Waals surface area contributed by atoms with Crippen molar-refractivity contribution in [2.45, 2.75) is 32.3 Å². The van der Waals surface area contributed by atoms with E-state index in [9.17, 15) is 0 Å². The van der Waals surface area contributed by atoms with Gasteiger partial charge in [0.15, 0.2) is 0 Å². The molecule has 1 rings (SSSR count). The van der Waals surface area contributed by atoms with Crippen molar-refractivity contribution in [3.8, 4) is 0 Å². The molecule has 0 aromatic heterocycles. The number of hydrogen-bond donors (Lipinski definition) is 1. The van der Waals surface area contributed by atoms with E-state index in [1.54, 1.807) is 0 Å². The monoisotopic (exact) mass is 172 g/mol. The lowest BCUT2D eigenvalue weighted by Gasteiger charge is -2.30. The summed E-state index contributed by atoms with van der Waals surface area (Å²) >= 11 is 0. The molecule has 0 saturated carbocycles. The van der Waals surface area contributed by atoms with Gasteiger partial charge < -0.3 is 9.74 Å². The van der Waals surface area contributed by atoms with Crippen LogP contribution in [0.15, 0.2) is 0 Å². The number of likely N-dealkylation sites (tertiary alicyclic amines) is 1. The average molecular weight is 172 g/mol. The predicted octanol–water partition coefficient (Wildman–Crippen LogP) is 0.997. The van der Waals surface area contributed by atoms with Gasteiger partial charge >= 0.3 is 0 Å². The highest BCUT2D eigenvalue weighted by molar-refractivity contribution is 4.72. The third-order valence-electron chi connectivity index (χ3n) is 2.62. The number of piperidine rings is 1. The summed E-state index contributed by atoms with van der Waals surface area (Å²) in [4.78, 5) is 7.16. The molecular formula is C9H20N2O. The molecule has 2 N–H and O–H groups in total. The van der Waals surface area contributed by atoms with Gasteiger partial charge in [-0.25, -0.2) is 5.90 Å². The molecule has 0 aliphatic carbocycles. The van der Waals surface area contributed by atoms with E-state index >= 15 is 0 Å². The van der Waals surface area contributed by atoms with Crippen molar-refractivity contribution in [3.05, 3.63) is 0 Å². The number of nitrogens with zero attached hydrogens (tertiary/aromatic N) is 1. The third-order valence-corrected chi connectivity index (χ3v) is 2.62. The summed E-state index contributed by atoms with van der Waals surface area (Å²) in [6, 6.07) is 0. The molecule has 0 aromatic rings. The van der Waals surface area contributed by atoms with Crippen LogP contribution in [-0.4, -0.2) is 31.1 Å². The van der Waals surface area contributed by atoms with Gasteiger partial charge in [0.05, 0.1) is 6.10 Å². The third kappa shape index (κ3) is 3.09. The summed E-state index contributed by atoms with van der Waals surface area (Å²) in [5.74, 6) is 5.89. The second-order valence-corrected chi connectivity index (χ2v) is 3.95. The van der Waals surface area contributed by atoms with Crippen molar-refractivity contribution in [3.63, 3.8) is 0 Å². The standard InChI is InChI=1S/C9H20N2O/c1-8(12-10)6-9-4-3-5-11(2)7-9/h8-9H,3-7,10H2,1-2H3. The molecule has 1 heterocycles. The summed E-state index contributed by atoms with van der Waals surface area (Å²) in [7, 11) is 2.18. The Morgan fingerprint density at radius 2 is 2.42 bits per heavy atom. The number of hydrogen-bond acceptors (Lipinski definition) is 3. The zero-order chi connectivity index (χ0) is 8.97. The van der Waals surface area contributed by atoms with E-state index in [2.05, 4.69) is 11.9 Å². The van der Waals surface area contributed by atoms with E-state index in [4.69, 9.17) is 10.7 Å². The van der Waals surface area contributed by atoms with Crippen molar-refractivity contribution in [1.29, 1.82) is 0 Å². The second kappa shape index (κ2) is 4.80. The van der Waals surface area contributed by atoms with Crippen LogP contribution < -0.4 is 5.90 Å². The molecule has 3 nitrogen and oxygen atoms in total. The molecule has 72 valence electrons. The Hall–Kier alpha value is -0.120. The summed E-state index contributed by atoms with van der Waals surface area (Å²) in [5.41, 5.74) is 0. The van der Waals surface area contributed by atoms with Crippen molar-refractivity contribution in [2.24, 2.45) is 11.8 Å². The molecule has 2 atom stereocenters. The first-order valence-electron chi connectivity index (χ1n) is 4.76. The maximum atomic E-state index is 5.11. The topological polar surface area (TPSA) is 38.5 Å². The van der Waals surface area contributed by atoms with Gasteiger partial charge in [-0.15, -0.1) is 0 Å². The molecule has 0 amide bonds. The first-order chi connectivity index (χ1) is 5.72. The lowest BCUT2D eigenvalue weighted by Crippen LogP contribution is -2.34. The minimum Gasteiger partial charge on any atom is -0.306 e. The van der Waals surface area contributed by atoms with Crippen molar-refractivity contribution < 1.29 is 4.84 Å². The van der Waals surface area contributed by atoms with Gasteiger partial charge in [0.2, 0.25) is 0 Å². The SMILES string of the molecule is CC(CC1CCCN(C)C1)ON. The number of rotatable bonds is 3. The van der Waals surface area contributed by atoms with Crippen LogP contribution >= 0.6 is 0 Å². The molecular weight excluding hydrogens is 152 g/mol. The van der Waals surface area contributed by atoms with Gasteiger partial charge in [0.1, 0.15) is 0 Å². The molecule has 0 spiro atoms. The zero-order valence-electron chi connectivity index (χ0n) is 8.12. The van der Waals surface area contributed by atoms with Crippen molar-refractivity contribution >= 4 is 0 Å². The van der Waals surface area contributed by atoms with E-state index in [-0.39, 0.29) is 6.10 Å². The molecule has 1 aliphatic rings. The Bertz CT molecular complexity index is 130. The van der Waals surface area contributed by atoms with E-state index < -0.39 is 0 Å². The molecule has 12 heavy (non-hydrogen) atoms. The molecule has 2 unspecified atom stereocenters. The van der Waals surface area contributed by atoms with E-state index in [1.165, 1.54) is 25.9 Å². The number of nitrogens with two attached hydrogens (primary N) is 1. The van der Waals surface area contributed by atoms with Gasteiger partial charge in [-0.3, -0.25) is 0 Å². The van der Waals surface area contributed by atoms with Crippen LogP contribution in [0, 0.1) is 5.92 Å². The van der Waals surface area contributed by atoms with E-state index in [0.717, 1.165) is 12.3 Å². The maximum absolute atomic E-state index is 5.11. The predicted molar refractivity (Wildman–Crippen MR) is 49.6 cm³/mol. The Labute approximate surface area is 74.8 Å². The quantitative estimate of drug-likeness (QED) is 0.645. The van der Waals surface area contributed by atoms with Gasteiger partial charge in [-0.1, -0.05) is 0 Å².